The molecule has 0 spiro atoms. The molecule has 4 rings (SSSR count). The zero-order valence-corrected chi connectivity index (χ0v) is 14.9. The molecule has 2 atom stereocenters. The number of nitrogens with zero attached hydrogens (tertiary/aromatic N) is 3. The molecule has 1 N–H and O–H groups in total. The van der Waals surface area contributed by atoms with Crippen molar-refractivity contribution in [1.82, 2.24) is 14.7 Å². The van der Waals surface area contributed by atoms with E-state index in [1.54, 1.807) is 0 Å². The Morgan fingerprint density at radius 3 is 2.80 bits per heavy atom. The van der Waals surface area contributed by atoms with Gasteiger partial charge in [-0.05, 0) is 24.1 Å². The Kier molecular flexibility index (Phi) is 4.40. The summed E-state index contributed by atoms with van der Waals surface area (Å²) in [6, 6.07) is 13.3. The lowest BCUT2D eigenvalue weighted by Gasteiger charge is -2.20. The molecule has 1 aliphatic heterocycles. The Hall–Kier alpha value is -2.40. The maximum absolute atomic E-state index is 5.54. The summed E-state index contributed by atoms with van der Waals surface area (Å²) < 4.78 is 7.77. The van der Waals surface area contributed by atoms with Gasteiger partial charge >= 0.3 is 0 Å². The lowest BCUT2D eigenvalue weighted by atomic mass is 10.1. The van der Waals surface area contributed by atoms with Gasteiger partial charge in [0.25, 0.3) is 5.89 Å². The Morgan fingerprint density at radius 1 is 1.24 bits per heavy atom. The van der Waals surface area contributed by atoms with Gasteiger partial charge in [-0.1, -0.05) is 36.3 Å². The third-order valence-corrected chi connectivity index (χ3v) is 5.29. The standard InChI is InChI=1S/C20H24N4O/c1-3-15-8-10-16(11-9-15)20-21-19(25-22-20)14-24-13-5-7-18(24)17-6-4-12-23(17)2/h4,6,8-12,18H,3,5,7,13-14H2,1-2H3/p+1/t18-/m0/s1. The van der Waals surface area contributed by atoms with Gasteiger partial charge in [-0.3, -0.25) is 0 Å². The molecular formula is C20H25N4O+. The van der Waals surface area contributed by atoms with E-state index >= 15 is 0 Å². The summed E-state index contributed by atoms with van der Waals surface area (Å²) in [6.07, 6.45) is 5.62. The molecule has 1 aliphatic rings. The average molecular weight is 337 g/mol. The first kappa shape index (κ1) is 16.1. The highest BCUT2D eigenvalue weighted by molar-refractivity contribution is 5.54. The van der Waals surface area contributed by atoms with Crippen molar-refractivity contribution >= 4 is 0 Å². The number of aromatic nitrogens is 3. The van der Waals surface area contributed by atoms with E-state index in [1.165, 1.54) is 29.0 Å². The molecule has 130 valence electrons. The van der Waals surface area contributed by atoms with Crippen LogP contribution in [-0.4, -0.2) is 21.3 Å². The van der Waals surface area contributed by atoms with Crippen LogP contribution in [0.15, 0.2) is 47.1 Å². The second-order valence-corrected chi connectivity index (χ2v) is 6.89. The smallest absolute Gasteiger partial charge is 0.282 e. The van der Waals surface area contributed by atoms with Gasteiger partial charge < -0.3 is 14.0 Å². The summed E-state index contributed by atoms with van der Waals surface area (Å²) in [5.74, 6) is 1.41. The summed E-state index contributed by atoms with van der Waals surface area (Å²) in [6.45, 7) is 4.10. The van der Waals surface area contributed by atoms with Crippen molar-refractivity contribution in [3.63, 3.8) is 0 Å². The van der Waals surface area contributed by atoms with Gasteiger partial charge in [0.15, 0.2) is 6.54 Å². The highest BCUT2D eigenvalue weighted by Gasteiger charge is 2.33. The van der Waals surface area contributed by atoms with Gasteiger partial charge in [0.1, 0.15) is 6.04 Å². The molecular weight excluding hydrogens is 312 g/mol. The molecule has 3 aromatic rings. The molecule has 5 nitrogen and oxygen atoms in total. The van der Waals surface area contributed by atoms with Crippen molar-refractivity contribution in [2.24, 2.45) is 7.05 Å². The van der Waals surface area contributed by atoms with Crippen LogP contribution < -0.4 is 4.90 Å². The second kappa shape index (κ2) is 6.84. The van der Waals surface area contributed by atoms with Crippen LogP contribution in [0.25, 0.3) is 11.4 Å². The molecule has 0 amide bonds. The van der Waals surface area contributed by atoms with E-state index in [0.29, 0.717) is 11.9 Å². The van der Waals surface area contributed by atoms with E-state index < -0.39 is 0 Å². The topological polar surface area (TPSA) is 48.3 Å². The normalized spacial score (nSPS) is 20.2. The van der Waals surface area contributed by atoms with E-state index in [9.17, 15) is 0 Å². The molecule has 0 bridgehead atoms. The molecule has 1 aromatic carbocycles. The number of benzene rings is 1. The minimum Gasteiger partial charge on any atom is -0.350 e. The molecule has 1 saturated heterocycles. The second-order valence-electron chi connectivity index (χ2n) is 6.89. The third kappa shape index (κ3) is 3.24. The van der Waals surface area contributed by atoms with Crippen LogP contribution in [0.5, 0.6) is 0 Å². The Labute approximate surface area is 148 Å². The largest absolute Gasteiger partial charge is 0.350 e. The fourth-order valence-electron chi connectivity index (χ4n) is 3.84. The first-order valence-electron chi connectivity index (χ1n) is 9.12. The summed E-state index contributed by atoms with van der Waals surface area (Å²) in [7, 11) is 2.12. The average Bonchev–Trinajstić information content (AvgIpc) is 3.37. The van der Waals surface area contributed by atoms with Gasteiger partial charge in [-0.15, -0.1) is 0 Å². The molecule has 2 aromatic heterocycles. The predicted octanol–water partition coefficient (Wildman–Crippen LogP) is 2.56. The number of rotatable bonds is 5. The molecule has 0 radical (unpaired) electrons. The lowest BCUT2D eigenvalue weighted by molar-refractivity contribution is -0.933. The lowest BCUT2D eigenvalue weighted by Crippen LogP contribution is -3.09. The quantitative estimate of drug-likeness (QED) is 0.778. The van der Waals surface area contributed by atoms with Crippen molar-refractivity contribution in [3.05, 3.63) is 59.7 Å². The van der Waals surface area contributed by atoms with Gasteiger partial charge in [-0.25, -0.2) is 0 Å². The van der Waals surface area contributed by atoms with Crippen molar-refractivity contribution in [2.45, 2.75) is 38.8 Å². The maximum Gasteiger partial charge on any atom is 0.282 e. The zero-order valence-electron chi connectivity index (χ0n) is 14.9. The monoisotopic (exact) mass is 337 g/mol. The third-order valence-electron chi connectivity index (χ3n) is 5.29. The van der Waals surface area contributed by atoms with Gasteiger partial charge in [0.05, 0.1) is 12.2 Å². The van der Waals surface area contributed by atoms with Gasteiger partial charge in [-0.2, -0.15) is 4.98 Å². The Bertz CT molecular complexity index is 834. The number of likely N-dealkylation sites (tertiary alicyclic amines) is 1. The first-order valence-corrected chi connectivity index (χ1v) is 9.12. The maximum atomic E-state index is 5.54. The molecule has 1 unspecified atom stereocenters. The number of hydrogen-bond acceptors (Lipinski definition) is 3. The number of nitrogens with one attached hydrogen (secondary N) is 1. The number of aryl methyl sites for hydroxylation is 2. The van der Waals surface area contributed by atoms with Crippen molar-refractivity contribution < 1.29 is 9.42 Å². The van der Waals surface area contributed by atoms with Crippen LogP contribution in [0, 0.1) is 0 Å². The highest BCUT2D eigenvalue weighted by Crippen LogP contribution is 2.20. The van der Waals surface area contributed by atoms with Crippen molar-refractivity contribution in [1.29, 1.82) is 0 Å². The predicted molar refractivity (Wildman–Crippen MR) is 96.0 cm³/mol. The summed E-state index contributed by atoms with van der Waals surface area (Å²) in [4.78, 5) is 6.14. The van der Waals surface area contributed by atoms with Crippen molar-refractivity contribution in [3.8, 4) is 11.4 Å². The highest BCUT2D eigenvalue weighted by atomic mass is 16.5. The Balaban J connectivity index is 1.49. The number of hydrogen-bond donors (Lipinski definition) is 1. The molecule has 0 saturated carbocycles. The van der Waals surface area contributed by atoms with Crippen LogP contribution >= 0.6 is 0 Å². The van der Waals surface area contributed by atoms with Crippen LogP contribution in [-0.2, 0) is 20.0 Å². The van der Waals surface area contributed by atoms with E-state index in [-0.39, 0.29) is 0 Å². The van der Waals surface area contributed by atoms with E-state index in [0.717, 1.165) is 31.0 Å². The van der Waals surface area contributed by atoms with Gasteiger partial charge in [0.2, 0.25) is 5.82 Å². The minimum atomic E-state index is 0.513. The first-order chi connectivity index (χ1) is 12.2. The number of quaternary nitrogens is 1. The molecule has 25 heavy (non-hydrogen) atoms. The SMILES string of the molecule is CCc1ccc(-c2noc(C[NH+]3CCC[C@H]3c3cccn3C)n2)cc1. The van der Waals surface area contributed by atoms with E-state index in [1.807, 2.05) is 0 Å². The zero-order chi connectivity index (χ0) is 17.2. The van der Waals surface area contributed by atoms with Crippen molar-refractivity contribution in [2.75, 3.05) is 6.54 Å². The summed E-state index contributed by atoms with van der Waals surface area (Å²) in [5, 5.41) is 4.18. The van der Waals surface area contributed by atoms with Crippen LogP contribution in [0.1, 0.15) is 43.0 Å². The van der Waals surface area contributed by atoms with Crippen LogP contribution in [0.4, 0.5) is 0 Å². The minimum absolute atomic E-state index is 0.513. The fraction of sp³-hybridized carbons (Fsp3) is 0.400. The molecule has 3 heterocycles. The van der Waals surface area contributed by atoms with E-state index in [2.05, 4.69) is 71.3 Å². The van der Waals surface area contributed by atoms with Gasteiger partial charge in [0, 0.05) is 31.6 Å². The Morgan fingerprint density at radius 2 is 2.08 bits per heavy atom. The molecule has 1 fully saturated rings. The summed E-state index contributed by atoms with van der Waals surface area (Å²) >= 11 is 0. The molecule has 0 aliphatic carbocycles. The van der Waals surface area contributed by atoms with E-state index in [4.69, 9.17) is 4.52 Å². The van der Waals surface area contributed by atoms with Crippen LogP contribution in [0.3, 0.4) is 0 Å². The fourth-order valence-corrected chi connectivity index (χ4v) is 3.84. The summed E-state index contributed by atoms with van der Waals surface area (Å²) in [5.41, 5.74) is 3.73. The molecule has 5 heteroatoms. The van der Waals surface area contributed by atoms with Crippen LogP contribution in [0.2, 0.25) is 0 Å².